The first-order chi connectivity index (χ1) is 7.74. The summed E-state index contributed by atoms with van der Waals surface area (Å²) in [5, 5.41) is 0. The number of rotatable bonds is 3. The molecule has 1 heterocycles. The van der Waals surface area contributed by atoms with Crippen LogP contribution in [-0.2, 0) is 4.79 Å². The zero-order valence-electron chi connectivity index (χ0n) is 10.6. The molecular weight excluding hydrogens is 198 g/mol. The van der Waals surface area contributed by atoms with E-state index < -0.39 is 0 Å². The number of carbonyl (C=O) groups is 1. The molecule has 0 N–H and O–H groups in total. The average Bonchev–Trinajstić information content (AvgIpc) is 2.66. The summed E-state index contributed by atoms with van der Waals surface area (Å²) in [5.74, 6) is 0.876. The minimum absolute atomic E-state index is 0.0214. The molecule has 2 aliphatic rings. The minimum atomic E-state index is 0.0214. The van der Waals surface area contributed by atoms with Gasteiger partial charge in [0.1, 0.15) is 6.29 Å². The van der Waals surface area contributed by atoms with E-state index in [1.54, 1.807) is 0 Å². The van der Waals surface area contributed by atoms with Crippen molar-refractivity contribution in [3.8, 4) is 0 Å². The van der Waals surface area contributed by atoms with E-state index in [0.717, 1.165) is 25.3 Å². The maximum atomic E-state index is 11.3. The molecule has 1 saturated heterocycles. The van der Waals surface area contributed by atoms with Gasteiger partial charge in [0.05, 0.1) is 0 Å². The highest BCUT2D eigenvalue weighted by Gasteiger charge is 2.35. The monoisotopic (exact) mass is 223 g/mol. The lowest BCUT2D eigenvalue weighted by Gasteiger charge is -2.30. The van der Waals surface area contributed by atoms with Gasteiger partial charge in [-0.05, 0) is 51.1 Å². The fraction of sp³-hybridized carbons (Fsp3) is 0.929. The van der Waals surface area contributed by atoms with E-state index in [4.69, 9.17) is 0 Å². The Bertz CT molecular complexity index is 233. The van der Waals surface area contributed by atoms with Crippen molar-refractivity contribution in [1.29, 1.82) is 0 Å². The highest BCUT2D eigenvalue weighted by molar-refractivity contribution is 5.60. The van der Waals surface area contributed by atoms with Crippen LogP contribution in [0.1, 0.15) is 51.9 Å². The van der Waals surface area contributed by atoms with E-state index in [0.29, 0.717) is 0 Å². The van der Waals surface area contributed by atoms with E-state index in [-0.39, 0.29) is 5.41 Å². The molecular formula is C14H25NO. The van der Waals surface area contributed by atoms with Gasteiger partial charge in [0.15, 0.2) is 0 Å². The molecule has 0 aromatic carbocycles. The van der Waals surface area contributed by atoms with Gasteiger partial charge in [-0.2, -0.15) is 0 Å². The van der Waals surface area contributed by atoms with Crippen molar-refractivity contribution in [2.75, 3.05) is 19.6 Å². The van der Waals surface area contributed by atoms with E-state index >= 15 is 0 Å². The Morgan fingerprint density at radius 1 is 1.19 bits per heavy atom. The van der Waals surface area contributed by atoms with E-state index in [9.17, 15) is 4.79 Å². The van der Waals surface area contributed by atoms with Gasteiger partial charge in [0, 0.05) is 12.0 Å². The fourth-order valence-electron chi connectivity index (χ4n) is 3.32. The lowest BCUT2D eigenvalue weighted by atomic mass is 9.87. The van der Waals surface area contributed by atoms with Gasteiger partial charge in [0.25, 0.3) is 0 Å². The molecule has 0 aromatic rings. The second kappa shape index (κ2) is 5.31. The van der Waals surface area contributed by atoms with Crippen molar-refractivity contribution in [3.63, 3.8) is 0 Å². The molecule has 2 heteroatoms. The summed E-state index contributed by atoms with van der Waals surface area (Å²) in [6.07, 6.45) is 10.0. The van der Waals surface area contributed by atoms with E-state index in [1.807, 2.05) is 0 Å². The lowest BCUT2D eigenvalue weighted by molar-refractivity contribution is -0.117. The molecule has 2 nitrogen and oxygen atoms in total. The van der Waals surface area contributed by atoms with Crippen molar-refractivity contribution in [1.82, 2.24) is 4.90 Å². The quantitative estimate of drug-likeness (QED) is 0.686. The molecule has 92 valence electrons. The lowest BCUT2D eigenvalue weighted by Crippen LogP contribution is -2.38. The van der Waals surface area contributed by atoms with Crippen molar-refractivity contribution in [3.05, 3.63) is 0 Å². The molecule has 1 aliphatic carbocycles. The molecule has 0 radical (unpaired) electrons. The highest BCUT2D eigenvalue weighted by Crippen LogP contribution is 2.37. The second-order valence-electron chi connectivity index (χ2n) is 6.00. The van der Waals surface area contributed by atoms with Gasteiger partial charge in [-0.15, -0.1) is 0 Å². The molecule has 2 rings (SSSR count). The molecule has 16 heavy (non-hydrogen) atoms. The predicted octanol–water partition coefficient (Wildman–Crippen LogP) is 2.87. The van der Waals surface area contributed by atoms with Crippen LogP contribution in [0.4, 0.5) is 0 Å². The van der Waals surface area contributed by atoms with Gasteiger partial charge in [-0.3, -0.25) is 0 Å². The Kier molecular flexibility index (Phi) is 4.01. The van der Waals surface area contributed by atoms with Crippen LogP contribution in [-0.4, -0.2) is 30.8 Å². The first-order valence-corrected chi connectivity index (χ1v) is 6.93. The topological polar surface area (TPSA) is 20.3 Å². The van der Waals surface area contributed by atoms with Crippen LogP contribution in [0, 0.1) is 11.3 Å². The summed E-state index contributed by atoms with van der Waals surface area (Å²) < 4.78 is 0. The Labute approximate surface area is 99.4 Å². The zero-order chi connectivity index (χ0) is 11.4. The maximum Gasteiger partial charge on any atom is 0.127 e. The Hall–Kier alpha value is -0.370. The van der Waals surface area contributed by atoms with Crippen molar-refractivity contribution in [2.24, 2.45) is 11.3 Å². The summed E-state index contributed by atoms with van der Waals surface area (Å²) in [5.41, 5.74) is 0.0214. The van der Waals surface area contributed by atoms with Crippen LogP contribution in [0.5, 0.6) is 0 Å². The van der Waals surface area contributed by atoms with Gasteiger partial charge in [-0.1, -0.05) is 19.8 Å². The van der Waals surface area contributed by atoms with Gasteiger partial charge < -0.3 is 9.69 Å². The Morgan fingerprint density at radius 2 is 1.94 bits per heavy atom. The Morgan fingerprint density at radius 3 is 2.62 bits per heavy atom. The molecule has 1 unspecified atom stereocenters. The molecule has 0 bridgehead atoms. The third kappa shape index (κ3) is 2.85. The summed E-state index contributed by atoms with van der Waals surface area (Å²) in [6.45, 7) is 5.80. The van der Waals surface area contributed by atoms with E-state index in [1.165, 1.54) is 51.5 Å². The van der Waals surface area contributed by atoms with Crippen LogP contribution in [0.15, 0.2) is 0 Å². The summed E-state index contributed by atoms with van der Waals surface area (Å²) >= 11 is 0. The van der Waals surface area contributed by atoms with Crippen LogP contribution in [0.25, 0.3) is 0 Å². The zero-order valence-corrected chi connectivity index (χ0v) is 10.6. The largest absolute Gasteiger partial charge is 0.303 e. The second-order valence-corrected chi connectivity index (χ2v) is 6.00. The number of likely N-dealkylation sites (tertiary alicyclic amines) is 1. The van der Waals surface area contributed by atoms with Gasteiger partial charge >= 0.3 is 0 Å². The number of hydrogen-bond acceptors (Lipinski definition) is 2. The fourth-order valence-corrected chi connectivity index (χ4v) is 3.32. The van der Waals surface area contributed by atoms with Gasteiger partial charge in [-0.25, -0.2) is 0 Å². The standard InChI is InChI=1S/C14H25NO/c1-13-5-4-9-15(10-6-13)11-14(12-16)7-2-3-8-14/h12-13H,2-11H2,1H3. The Balaban J connectivity index is 1.89. The molecule has 0 spiro atoms. The van der Waals surface area contributed by atoms with Crippen LogP contribution in [0.2, 0.25) is 0 Å². The first kappa shape index (κ1) is 12.1. The third-order valence-electron chi connectivity index (χ3n) is 4.50. The van der Waals surface area contributed by atoms with Crippen LogP contribution < -0.4 is 0 Å². The van der Waals surface area contributed by atoms with Crippen molar-refractivity contribution in [2.45, 2.75) is 51.9 Å². The first-order valence-electron chi connectivity index (χ1n) is 6.93. The molecule has 1 atom stereocenters. The SMILES string of the molecule is CC1CCCN(CC2(C=O)CCCC2)CC1. The number of hydrogen-bond donors (Lipinski definition) is 0. The smallest absolute Gasteiger partial charge is 0.127 e. The molecule has 1 aliphatic heterocycles. The van der Waals surface area contributed by atoms with Gasteiger partial charge in [0.2, 0.25) is 0 Å². The minimum Gasteiger partial charge on any atom is -0.303 e. The van der Waals surface area contributed by atoms with Crippen LogP contribution in [0.3, 0.4) is 0 Å². The maximum absolute atomic E-state index is 11.3. The van der Waals surface area contributed by atoms with Crippen molar-refractivity contribution >= 4 is 6.29 Å². The van der Waals surface area contributed by atoms with Crippen molar-refractivity contribution < 1.29 is 4.79 Å². The van der Waals surface area contributed by atoms with E-state index in [2.05, 4.69) is 11.8 Å². The highest BCUT2D eigenvalue weighted by atomic mass is 16.1. The summed E-state index contributed by atoms with van der Waals surface area (Å²) in [7, 11) is 0. The number of aldehydes is 1. The molecule has 1 saturated carbocycles. The molecule has 0 aromatic heterocycles. The number of nitrogens with zero attached hydrogens (tertiary/aromatic N) is 1. The molecule has 0 amide bonds. The summed E-state index contributed by atoms with van der Waals surface area (Å²) in [4.78, 5) is 13.9. The third-order valence-corrected chi connectivity index (χ3v) is 4.50. The number of carbonyl (C=O) groups excluding carboxylic acids is 1. The van der Waals surface area contributed by atoms with Crippen LogP contribution >= 0.6 is 0 Å². The summed E-state index contributed by atoms with van der Waals surface area (Å²) in [6, 6.07) is 0. The normalized spacial score (nSPS) is 31.2. The average molecular weight is 223 g/mol. The predicted molar refractivity (Wildman–Crippen MR) is 66.4 cm³/mol. The molecule has 2 fully saturated rings.